The van der Waals surface area contributed by atoms with Gasteiger partial charge in [-0.2, -0.15) is 0 Å². The van der Waals surface area contributed by atoms with E-state index < -0.39 is 41.8 Å². The van der Waals surface area contributed by atoms with Crippen LogP contribution < -0.4 is 15.6 Å². The van der Waals surface area contributed by atoms with Crippen LogP contribution in [0.15, 0.2) is 59.7 Å². The molecule has 4 rings (SSSR count). The van der Waals surface area contributed by atoms with Crippen LogP contribution in [0.5, 0.6) is 11.5 Å². The van der Waals surface area contributed by atoms with Gasteiger partial charge < -0.3 is 15.0 Å². The Hall–Kier alpha value is -3.73. The number of carbonyl (C=O) groups is 1. The number of hydrogen-bond donors (Lipinski definition) is 2. The second-order valence-electron chi connectivity index (χ2n) is 8.27. The fourth-order valence-electron chi connectivity index (χ4n) is 3.86. The minimum atomic E-state index is -2.98. The van der Waals surface area contributed by atoms with Crippen molar-refractivity contribution in [3.63, 3.8) is 0 Å². The largest absolute Gasteiger partial charge is 0.453 e. The molecular formula is C24H22F4N4O3. The second-order valence-corrected chi connectivity index (χ2v) is 8.27. The summed E-state index contributed by atoms with van der Waals surface area (Å²) in [5.74, 6) is -6.03. The zero-order valence-corrected chi connectivity index (χ0v) is 18.6. The maximum absolute atomic E-state index is 14.6. The zero-order valence-electron chi connectivity index (χ0n) is 18.6. The highest BCUT2D eigenvalue weighted by Crippen LogP contribution is 2.40. The van der Waals surface area contributed by atoms with Gasteiger partial charge >= 0.3 is 0 Å². The number of aromatic amines is 1. The first kappa shape index (κ1) is 24.4. The smallest absolute Gasteiger partial charge is 0.257 e. The fourth-order valence-corrected chi connectivity index (χ4v) is 3.86. The molecule has 3 aromatic rings. The molecule has 0 saturated carbocycles. The third-order valence-electron chi connectivity index (χ3n) is 5.91. The number of pyridine rings is 2. The van der Waals surface area contributed by atoms with E-state index in [1.54, 1.807) is 11.8 Å². The SMILES string of the molecule is CC(C(=O)Nc1ccc(Oc2ccc(F)cc2F)cn1)N1CCC(F)(F)C(c2ccc(=O)[nH]c2)C1. The molecule has 1 aromatic carbocycles. The number of ether oxygens (including phenoxy) is 1. The van der Waals surface area contributed by atoms with Crippen molar-refractivity contribution in [1.82, 2.24) is 14.9 Å². The monoisotopic (exact) mass is 490 g/mol. The summed E-state index contributed by atoms with van der Waals surface area (Å²) in [6.07, 6.45) is 2.11. The summed E-state index contributed by atoms with van der Waals surface area (Å²) in [5.41, 5.74) is -0.0917. The van der Waals surface area contributed by atoms with E-state index in [0.717, 1.165) is 12.1 Å². The number of carbonyl (C=O) groups excluding carboxylic acids is 1. The van der Waals surface area contributed by atoms with E-state index in [1.165, 1.54) is 36.7 Å². The topological polar surface area (TPSA) is 87.3 Å². The summed E-state index contributed by atoms with van der Waals surface area (Å²) < 4.78 is 61.3. The van der Waals surface area contributed by atoms with Gasteiger partial charge in [-0.25, -0.2) is 22.5 Å². The molecule has 1 aliphatic rings. The van der Waals surface area contributed by atoms with E-state index in [1.807, 2.05) is 0 Å². The summed E-state index contributed by atoms with van der Waals surface area (Å²) >= 11 is 0. The van der Waals surface area contributed by atoms with Crippen molar-refractivity contribution in [2.24, 2.45) is 0 Å². The summed E-state index contributed by atoms with van der Waals surface area (Å²) in [5, 5.41) is 2.63. The van der Waals surface area contributed by atoms with Gasteiger partial charge in [0.15, 0.2) is 11.6 Å². The summed E-state index contributed by atoms with van der Waals surface area (Å²) in [4.78, 5) is 32.2. The highest BCUT2D eigenvalue weighted by Gasteiger charge is 2.46. The van der Waals surface area contributed by atoms with Crippen LogP contribution in [0.1, 0.15) is 24.8 Å². The van der Waals surface area contributed by atoms with E-state index in [4.69, 9.17) is 4.74 Å². The Morgan fingerprint density at radius 2 is 2.03 bits per heavy atom. The normalized spacial score (nSPS) is 18.6. The number of nitrogens with zero attached hydrogens (tertiary/aromatic N) is 2. The Balaban J connectivity index is 1.39. The van der Waals surface area contributed by atoms with Crippen molar-refractivity contribution >= 4 is 11.7 Å². The molecule has 2 unspecified atom stereocenters. The molecule has 2 N–H and O–H groups in total. The van der Waals surface area contributed by atoms with Crippen molar-refractivity contribution < 1.29 is 27.1 Å². The summed E-state index contributed by atoms with van der Waals surface area (Å²) in [6.45, 7) is 1.56. The average molecular weight is 490 g/mol. The van der Waals surface area contributed by atoms with Gasteiger partial charge in [0.25, 0.3) is 5.92 Å². The summed E-state index contributed by atoms with van der Waals surface area (Å²) in [7, 11) is 0. The van der Waals surface area contributed by atoms with E-state index in [-0.39, 0.29) is 36.0 Å². The van der Waals surface area contributed by atoms with Crippen molar-refractivity contribution in [3.05, 3.63) is 82.4 Å². The number of H-pyrrole nitrogens is 1. The quantitative estimate of drug-likeness (QED) is 0.504. The molecule has 2 atom stereocenters. The Labute approximate surface area is 197 Å². The highest BCUT2D eigenvalue weighted by molar-refractivity contribution is 5.93. The molecule has 0 bridgehead atoms. The van der Waals surface area contributed by atoms with E-state index in [0.29, 0.717) is 11.6 Å². The van der Waals surface area contributed by atoms with Gasteiger partial charge in [-0.3, -0.25) is 14.5 Å². The molecule has 0 radical (unpaired) electrons. The van der Waals surface area contributed by atoms with Crippen molar-refractivity contribution in [3.8, 4) is 11.5 Å². The number of amides is 1. The van der Waals surface area contributed by atoms with Gasteiger partial charge in [0.2, 0.25) is 11.5 Å². The average Bonchev–Trinajstić information content (AvgIpc) is 2.82. The number of piperidine rings is 1. The van der Waals surface area contributed by atoms with E-state index in [9.17, 15) is 27.2 Å². The lowest BCUT2D eigenvalue weighted by atomic mass is 9.87. The van der Waals surface area contributed by atoms with Crippen LogP contribution in [-0.2, 0) is 4.79 Å². The number of anilines is 1. The van der Waals surface area contributed by atoms with Crippen LogP contribution >= 0.6 is 0 Å². The molecule has 1 aliphatic heterocycles. The van der Waals surface area contributed by atoms with Crippen LogP contribution in [0, 0.1) is 11.6 Å². The van der Waals surface area contributed by atoms with E-state index >= 15 is 0 Å². The lowest BCUT2D eigenvalue weighted by Crippen LogP contribution is -2.52. The maximum Gasteiger partial charge on any atom is 0.257 e. The lowest BCUT2D eigenvalue weighted by Gasteiger charge is -2.40. The Bertz CT molecular complexity index is 1250. The first-order valence-electron chi connectivity index (χ1n) is 10.8. The first-order valence-corrected chi connectivity index (χ1v) is 10.8. The maximum atomic E-state index is 14.6. The van der Waals surface area contributed by atoms with Gasteiger partial charge in [0, 0.05) is 37.8 Å². The third kappa shape index (κ3) is 5.68. The molecule has 1 fully saturated rings. The van der Waals surface area contributed by atoms with Crippen molar-refractivity contribution in [1.29, 1.82) is 0 Å². The number of rotatable bonds is 6. The Kier molecular flexibility index (Phi) is 6.88. The Morgan fingerprint density at radius 1 is 1.23 bits per heavy atom. The van der Waals surface area contributed by atoms with Crippen LogP contribution in [0.3, 0.4) is 0 Å². The zero-order chi connectivity index (χ0) is 25.2. The minimum Gasteiger partial charge on any atom is -0.453 e. The second kappa shape index (κ2) is 9.87. The van der Waals surface area contributed by atoms with Crippen LogP contribution in [0.4, 0.5) is 23.4 Å². The predicted octanol–water partition coefficient (Wildman–Crippen LogP) is 4.29. The van der Waals surface area contributed by atoms with Crippen molar-refractivity contribution in [2.75, 3.05) is 18.4 Å². The van der Waals surface area contributed by atoms with Crippen LogP contribution in [-0.4, -0.2) is 45.8 Å². The van der Waals surface area contributed by atoms with Gasteiger partial charge in [-0.1, -0.05) is 6.07 Å². The van der Waals surface area contributed by atoms with Crippen LogP contribution in [0.25, 0.3) is 0 Å². The highest BCUT2D eigenvalue weighted by atomic mass is 19.3. The first-order chi connectivity index (χ1) is 16.6. The van der Waals surface area contributed by atoms with Gasteiger partial charge in [0.1, 0.15) is 17.4 Å². The molecule has 184 valence electrons. The van der Waals surface area contributed by atoms with Gasteiger partial charge in [-0.15, -0.1) is 0 Å². The molecule has 0 aliphatic carbocycles. The molecule has 2 aromatic heterocycles. The number of likely N-dealkylation sites (tertiary alicyclic amines) is 1. The van der Waals surface area contributed by atoms with Crippen molar-refractivity contribution in [2.45, 2.75) is 31.2 Å². The molecule has 11 heteroatoms. The summed E-state index contributed by atoms with van der Waals surface area (Å²) in [6, 6.07) is 7.61. The molecule has 3 heterocycles. The number of hydrogen-bond acceptors (Lipinski definition) is 5. The van der Waals surface area contributed by atoms with E-state index in [2.05, 4.69) is 15.3 Å². The molecular weight excluding hydrogens is 468 g/mol. The fraction of sp³-hybridized carbons (Fsp3) is 0.292. The molecule has 1 amide bonds. The number of aromatic nitrogens is 2. The standard InChI is InChI=1S/C24H22F4N4O3/c1-14(32-9-8-24(27,28)18(13-32)15-2-7-22(33)30-11-15)23(34)31-21-6-4-17(12-29-21)35-20-5-3-16(25)10-19(20)26/h2-7,10-12,14,18H,8-9,13H2,1H3,(H,30,33)(H,29,31,34). The number of benzene rings is 1. The molecule has 7 nitrogen and oxygen atoms in total. The molecule has 1 saturated heterocycles. The third-order valence-corrected chi connectivity index (χ3v) is 5.91. The predicted molar refractivity (Wildman–Crippen MR) is 120 cm³/mol. The molecule has 35 heavy (non-hydrogen) atoms. The van der Waals surface area contributed by atoms with Crippen LogP contribution in [0.2, 0.25) is 0 Å². The van der Waals surface area contributed by atoms with Gasteiger partial charge in [0.05, 0.1) is 18.2 Å². The van der Waals surface area contributed by atoms with Gasteiger partial charge in [-0.05, 0) is 36.8 Å². The number of halogens is 4. The minimum absolute atomic E-state index is 0.0187. The number of alkyl halides is 2. The number of nitrogens with one attached hydrogen (secondary N) is 2. The lowest BCUT2D eigenvalue weighted by molar-refractivity contribution is -0.125. The molecule has 0 spiro atoms. The Morgan fingerprint density at radius 3 is 2.69 bits per heavy atom.